The summed E-state index contributed by atoms with van der Waals surface area (Å²) >= 11 is 1.25. The number of hydrogen-bond acceptors (Lipinski definition) is 7. The van der Waals surface area contributed by atoms with Crippen LogP contribution in [0.2, 0.25) is 0 Å². The summed E-state index contributed by atoms with van der Waals surface area (Å²) in [4.78, 5) is 26.9. The van der Waals surface area contributed by atoms with Crippen molar-refractivity contribution in [2.75, 3.05) is 11.1 Å². The van der Waals surface area contributed by atoms with Crippen LogP contribution in [0, 0.1) is 17.0 Å². The fraction of sp³-hybridized carbons (Fsp3) is 0.222. The number of aryl methyl sites for hydroxylation is 1. The number of aromatic nitrogens is 4. The van der Waals surface area contributed by atoms with Gasteiger partial charge in [0.15, 0.2) is 11.0 Å². The molecule has 3 rings (SSSR count). The average Bonchev–Trinajstić information content (AvgIpc) is 3.11. The highest BCUT2D eigenvalue weighted by Crippen LogP contribution is 2.25. The van der Waals surface area contributed by atoms with Gasteiger partial charge in [-0.15, -0.1) is 10.2 Å². The molecule has 0 saturated heterocycles. The number of anilines is 1. The van der Waals surface area contributed by atoms with Gasteiger partial charge in [0.25, 0.3) is 5.69 Å². The molecule has 28 heavy (non-hydrogen) atoms. The molecule has 0 atom stereocenters. The van der Waals surface area contributed by atoms with E-state index < -0.39 is 4.92 Å². The van der Waals surface area contributed by atoms with Crippen LogP contribution in [-0.2, 0) is 11.3 Å². The molecule has 0 aliphatic carbocycles. The Balaban J connectivity index is 1.68. The number of rotatable bonds is 7. The van der Waals surface area contributed by atoms with Crippen LogP contribution in [0.1, 0.15) is 12.5 Å². The van der Waals surface area contributed by atoms with E-state index in [0.717, 1.165) is 5.56 Å². The van der Waals surface area contributed by atoms with Crippen LogP contribution < -0.4 is 5.32 Å². The molecule has 1 N–H and O–H groups in total. The van der Waals surface area contributed by atoms with Gasteiger partial charge in [-0.05, 0) is 32.0 Å². The maximum atomic E-state index is 12.3. The van der Waals surface area contributed by atoms with Gasteiger partial charge in [-0.3, -0.25) is 19.9 Å². The van der Waals surface area contributed by atoms with Crippen LogP contribution >= 0.6 is 11.8 Å². The van der Waals surface area contributed by atoms with Gasteiger partial charge in [0.2, 0.25) is 5.91 Å². The molecular weight excluding hydrogens is 380 g/mol. The molecule has 3 aromatic rings. The number of benzene rings is 1. The van der Waals surface area contributed by atoms with Crippen LogP contribution in [0.4, 0.5) is 11.4 Å². The molecule has 0 saturated carbocycles. The quantitative estimate of drug-likeness (QED) is 0.369. The lowest BCUT2D eigenvalue weighted by Crippen LogP contribution is -2.15. The SMILES string of the molecule is CCn1c(SCC(=O)Nc2ccc(C)c([N+](=O)[O-])c2)nnc1-c1cccnc1. The number of amides is 1. The highest BCUT2D eigenvalue weighted by molar-refractivity contribution is 7.99. The monoisotopic (exact) mass is 398 g/mol. The Morgan fingerprint density at radius 2 is 2.14 bits per heavy atom. The number of carbonyl (C=O) groups is 1. The summed E-state index contributed by atoms with van der Waals surface area (Å²) in [6.45, 7) is 4.27. The van der Waals surface area contributed by atoms with E-state index in [1.54, 1.807) is 31.5 Å². The predicted octanol–water partition coefficient (Wildman–Crippen LogP) is 3.31. The van der Waals surface area contributed by atoms with E-state index in [0.29, 0.717) is 28.8 Å². The second-order valence-electron chi connectivity index (χ2n) is 5.89. The molecular formula is C18H18N6O3S. The lowest BCUT2D eigenvalue weighted by Gasteiger charge is -2.08. The van der Waals surface area contributed by atoms with E-state index in [4.69, 9.17) is 0 Å². The maximum Gasteiger partial charge on any atom is 0.274 e. The van der Waals surface area contributed by atoms with E-state index in [1.807, 2.05) is 23.6 Å². The van der Waals surface area contributed by atoms with E-state index in [1.165, 1.54) is 17.8 Å². The average molecular weight is 398 g/mol. The van der Waals surface area contributed by atoms with Gasteiger partial charge >= 0.3 is 0 Å². The number of pyridine rings is 1. The Labute approximate surface area is 165 Å². The number of thioether (sulfide) groups is 1. The van der Waals surface area contributed by atoms with Crippen molar-refractivity contribution in [2.45, 2.75) is 25.5 Å². The van der Waals surface area contributed by atoms with E-state index in [9.17, 15) is 14.9 Å². The lowest BCUT2D eigenvalue weighted by molar-refractivity contribution is -0.385. The molecule has 2 aromatic heterocycles. The van der Waals surface area contributed by atoms with Gasteiger partial charge in [-0.25, -0.2) is 0 Å². The first-order valence-corrected chi connectivity index (χ1v) is 9.49. The third-order valence-corrected chi connectivity index (χ3v) is 4.94. The Morgan fingerprint density at radius 1 is 1.32 bits per heavy atom. The standard InChI is InChI=1S/C18H18N6O3S/c1-3-23-17(13-5-4-8-19-10-13)21-22-18(23)28-11-16(25)20-14-7-6-12(2)15(9-14)24(26)27/h4-10H,3,11H2,1-2H3,(H,20,25). The summed E-state index contributed by atoms with van der Waals surface area (Å²) in [6, 6.07) is 8.32. The zero-order valence-electron chi connectivity index (χ0n) is 15.3. The highest BCUT2D eigenvalue weighted by atomic mass is 32.2. The van der Waals surface area contributed by atoms with Crippen LogP contribution in [0.3, 0.4) is 0 Å². The second-order valence-corrected chi connectivity index (χ2v) is 6.83. The number of nitro groups is 1. The fourth-order valence-electron chi connectivity index (χ4n) is 2.60. The summed E-state index contributed by atoms with van der Waals surface area (Å²) in [5, 5.41) is 22.7. The van der Waals surface area contributed by atoms with E-state index in [-0.39, 0.29) is 17.3 Å². The van der Waals surface area contributed by atoms with Gasteiger partial charge in [0.05, 0.1) is 10.7 Å². The lowest BCUT2D eigenvalue weighted by atomic mass is 10.2. The Hall–Kier alpha value is -3.27. The zero-order valence-corrected chi connectivity index (χ0v) is 16.1. The summed E-state index contributed by atoms with van der Waals surface area (Å²) in [6.07, 6.45) is 3.40. The van der Waals surface area contributed by atoms with Gasteiger partial charge < -0.3 is 9.88 Å². The topological polar surface area (TPSA) is 116 Å². The summed E-state index contributed by atoms with van der Waals surface area (Å²) in [5.74, 6) is 0.511. The van der Waals surface area contributed by atoms with Gasteiger partial charge in [-0.2, -0.15) is 0 Å². The van der Waals surface area contributed by atoms with E-state index >= 15 is 0 Å². The van der Waals surface area contributed by atoms with Crippen molar-refractivity contribution in [2.24, 2.45) is 0 Å². The molecule has 0 aliphatic heterocycles. The Bertz CT molecular complexity index is 1010. The van der Waals surface area contributed by atoms with Gasteiger partial charge in [0.1, 0.15) is 0 Å². The molecule has 9 nitrogen and oxygen atoms in total. The fourth-order valence-corrected chi connectivity index (χ4v) is 3.40. The Kier molecular flexibility index (Phi) is 5.99. The van der Waals surface area contributed by atoms with Crippen LogP contribution in [0.5, 0.6) is 0 Å². The predicted molar refractivity (Wildman–Crippen MR) is 106 cm³/mol. The van der Waals surface area contributed by atoms with E-state index in [2.05, 4.69) is 20.5 Å². The van der Waals surface area contributed by atoms with Crippen molar-refractivity contribution < 1.29 is 9.72 Å². The first-order chi connectivity index (χ1) is 13.5. The number of hydrogen-bond donors (Lipinski definition) is 1. The molecule has 2 heterocycles. The van der Waals surface area contributed by atoms with Gasteiger partial charge in [-0.1, -0.05) is 17.8 Å². The first-order valence-electron chi connectivity index (χ1n) is 8.51. The molecule has 0 bridgehead atoms. The molecule has 0 fully saturated rings. The van der Waals surface area contributed by atoms with Crippen molar-refractivity contribution in [1.29, 1.82) is 0 Å². The normalized spacial score (nSPS) is 10.6. The molecule has 0 aliphatic rings. The molecule has 0 spiro atoms. The maximum absolute atomic E-state index is 12.3. The number of nitrogens with zero attached hydrogens (tertiary/aromatic N) is 5. The molecule has 0 radical (unpaired) electrons. The molecule has 10 heteroatoms. The van der Waals surface area contributed by atoms with Crippen molar-refractivity contribution in [3.05, 3.63) is 58.4 Å². The molecule has 144 valence electrons. The third-order valence-electron chi connectivity index (χ3n) is 3.97. The summed E-state index contributed by atoms with van der Waals surface area (Å²) in [7, 11) is 0. The Morgan fingerprint density at radius 3 is 2.82 bits per heavy atom. The van der Waals surface area contributed by atoms with Crippen molar-refractivity contribution in [3.8, 4) is 11.4 Å². The van der Waals surface area contributed by atoms with Gasteiger partial charge in [0, 0.05) is 41.8 Å². The third kappa shape index (κ3) is 4.34. The second kappa shape index (κ2) is 8.61. The molecule has 0 unspecified atom stereocenters. The van der Waals surface area contributed by atoms with Crippen molar-refractivity contribution >= 4 is 29.0 Å². The van der Waals surface area contributed by atoms with Crippen molar-refractivity contribution in [3.63, 3.8) is 0 Å². The number of nitro benzene ring substituents is 1. The smallest absolute Gasteiger partial charge is 0.274 e. The first kappa shape index (κ1) is 19.5. The van der Waals surface area contributed by atoms with Crippen LogP contribution in [-0.4, -0.2) is 36.3 Å². The zero-order chi connectivity index (χ0) is 20.1. The minimum atomic E-state index is -0.469. The number of nitrogens with one attached hydrogen (secondary N) is 1. The highest BCUT2D eigenvalue weighted by Gasteiger charge is 2.16. The molecule has 1 aromatic carbocycles. The van der Waals surface area contributed by atoms with Crippen LogP contribution in [0.15, 0.2) is 47.9 Å². The molecule has 1 amide bonds. The summed E-state index contributed by atoms with van der Waals surface area (Å²) < 4.78 is 1.91. The van der Waals surface area contributed by atoms with Crippen LogP contribution in [0.25, 0.3) is 11.4 Å². The minimum absolute atomic E-state index is 0.0303. The summed E-state index contributed by atoms with van der Waals surface area (Å²) in [5.41, 5.74) is 1.74. The number of carbonyl (C=O) groups excluding carboxylic acids is 1. The minimum Gasteiger partial charge on any atom is -0.325 e. The largest absolute Gasteiger partial charge is 0.325 e. The van der Waals surface area contributed by atoms with Crippen molar-refractivity contribution in [1.82, 2.24) is 19.7 Å².